The maximum Gasteiger partial charge on any atom is 0.323 e. The van der Waals surface area contributed by atoms with Crippen molar-refractivity contribution in [2.24, 2.45) is 5.73 Å². The summed E-state index contributed by atoms with van der Waals surface area (Å²) in [5, 5.41) is 6.01. The molecule has 1 atom stereocenters. The smallest absolute Gasteiger partial charge is 0.323 e. The van der Waals surface area contributed by atoms with Crippen molar-refractivity contribution in [1.82, 2.24) is 15.2 Å². The third-order valence-corrected chi connectivity index (χ3v) is 5.08. The molecule has 1 aromatic rings. The quantitative estimate of drug-likeness (QED) is 0.277. The zero-order chi connectivity index (χ0) is 26.1. The van der Waals surface area contributed by atoms with Crippen molar-refractivity contribution >= 4 is 17.7 Å². The van der Waals surface area contributed by atoms with Crippen molar-refractivity contribution in [3.63, 3.8) is 0 Å². The predicted molar refractivity (Wildman–Crippen MR) is 141 cm³/mol. The summed E-state index contributed by atoms with van der Waals surface area (Å²) < 4.78 is 5.38. The number of rotatable bonds is 14. The van der Waals surface area contributed by atoms with Crippen LogP contribution in [0.5, 0.6) is 0 Å². The van der Waals surface area contributed by atoms with Crippen LogP contribution in [0.1, 0.15) is 79.0 Å². The van der Waals surface area contributed by atoms with Gasteiger partial charge in [0.1, 0.15) is 17.5 Å². The molecule has 0 fully saturated rings. The number of unbranched alkanes of at least 4 members (excludes halogenated alkanes) is 1. The highest BCUT2D eigenvalue weighted by Gasteiger charge is 2.22. The lowest BCUT2D eigenvalue weighted by Crippen LogP contribution is -2.41. The Morgan fingerprint density at radius 3 is 2.38 bits per heavy atom. The Balaban J connectivity index is 0.00000529. The first-order chi connectivity index (χ1) is 16.1. The van der Waals surface area contributed by atoms with Crippen LogP contribution in [0.25, 0.3) is 0 Å². The maximum atomic E-state index is 12.2. The summed E-state index contributed by atoms with van der Waals surface area (Å²) in [6.45, 7) is 16.0. The first kappa shape index (κ1) is 31.8. The van der Waals surface area contributed by atoms with Crippen molar-refractivity contribution < 1.29 is 14.3 Å². The highest BCUT2D eigenvalue weighted by molar-refractivity contribution is 5.75. The van der Waals surface area contributed by atoms with Gasteiger partial charge in [0.05, 0.1) is 0 Å². The Kier molecular flexibility index (Phi) is 16.2. The summed E-state index contributed by atoms with van der Waals surface area (Å²) in [6.07, 6.45) is 4.39. The number of nitrogens with one attached hydrogen (secondary N) is 2. The van der Waals surface area contributed by atoms with Crippen molar-refractivity contribution in [3.8, 4) is 0 Å². The average Bonchev–Trinajstić information content (AvgIpc) is 2.79. The van der Waals surface area contributed by atoms with Gasteiger partial charge in [-0.05, 0) is 71.0 Å². The van der Waals surface area contributed by atoms with Gasteiger partial charge < -0.3 is 26.0 Å². The lowest BCUT2D eigenvalue weighted by Gasteiger charge is -2.25. The Morgan fingerprint density at radius 2 is 1.82 bits per heavy atom. The van der Waals surface area contributed by atoms with E-state index in [4.69, 9.17) is 15.5 Å². The van der Waals surface area contributed by atoms with Gasteiger partial charge in [0.2, 0.25) is 5.91 Å². The molecule has 0 aliphatic heterocycles. The third kappa shape index (κ3) is 14.2. The maximum absolute atomic E-state index is 12.2. The predicted octanol–water partition coefficient (Wildman–Crippen LogP) is 3.53. The standard InChI is InChI=1S/C24H43N5O3.C2H6/c1-7-19-11-12-20(28-22(19)26-6)10-8-9-15-29(17-14-27-18(2)30)16-13-21(25)23(31)32-24(3,4)5;1-2/h11-12,21H,7-10,13-17,25H2,1-6H3,(H,26,28)(H,27,30);1-2H3. The molecule has 1 aromatic heterocycles. The summed E-state index contributed by atoms with van der Waals surface area (Å²) in [5.41, 5.74) is 7.81. The van der Waals surface area contributed by atoms with Crippen molar-refractivity contribution in [3.05, 3.63) is 23.4 Å². The zero-order valence-electron chi connectivity index (χ0n) is 22.8. The molecule has 1 heterocycles. The molecule has 0 aliphatic rings. The fourth-order valence-electron chi connectivity index (χ4n) is 3.35. The molecule has 4 N–H and O–H groups in total. The number of hydrogen-bond donors (Lipinski definition) is 3. The lowest BCUT2D eigenvalue weighted by atomic mass is 10.1. The highest BCUT2D eigenvalue weighted by atomic mass is 16.6. The topological polar surface area (TPSA) is 110 Å². The number of carbonyl (C=O) groups is 2. The van der Waals surface area contributed by atoms with E-state index in [9.17, 15) is 9.59 Å². The first-order valence-corrected chi connectivity index (χ1v) is 12.7. The second-order valence-electron chi connectivity index (χ2n) is 9.12. The lowest BCUT2D eigenvalue weighted by molar-refractivity contribution is -0.156. The van der Waals surface area contributed by atoms with E-state index >= 15 is 0 Å². The van der Waals surface area contributed by atoms with Crippen molar-refractivity contribution in [1.29, 1.82) is 0 Å². The van der Waals surface area contributed by atoms with Gasteiger partial charge in [-0.2, -0.15) is 0 Å². The van der Waals surface area contributed by atoms with Crippen LogP contribution in [-0.2, 0) is 27.2 Å². The van der Waals surface area contributed by atoms with Crippen molar-refractivity contribution in [2.75, 3.05) is 38.5 Å². The van der Waals surface area contributed by atoms with Crippen LogP contribution in [0.15, 0.2) is 12.1 Å². The molecule has 0 radical (unpaired) electrons. The number of anilines is 1. The van der Waals surface area contributed by atoms with Gasteiger partial charge in [-0.1, -0.05) is 26.8 Å². The second kappa shape index (κ2) is 17.3. The van der Waals surface area contributed by atoms with Crippen LogP contribution in [0.4, 0.5) is 5.82 Å². The number of hydrogen-bond acceptors (Lipinski definition) is 7. The Bertz CT molecular complexity index is 719. The Hall–Kier alpha value is -2.19. The van der Waals surface area contributed by atoms with Gasteiger partial charge in [-0.15, -0.1) is 0 Å². The Morgan fingerprint density at radius 1 is 1.15 bits per heavy atom. The molecule has 1 unspecified atom stereocenters. The van der Waals surface area contributed by atoms with Gasteiger partial charge in [-0.25, -0.2) is 4.98 Å². The first-order valence-electron chi connectivity index (χ1n) is 12.7. The zero-order valence-corrected chi connectivity index (χ0v) is 22.8. The van der Waals surface area contributed by atoms with Crippen LogP contribution in [0, 0.1) is 0 Å². The SMILES string of the molecule is CC.CCc1ccc(CCCCN(CCNC(C)=O)CCC(N)C(=O)OC(C)(C)C)nc1NC. The molecule has 8 heteroatoms. The van der Waals surface area contributed by atoms with Gasteiger partial charge in [0.15, 0.2) is 0 Å². The number of aromatic nitrogens is 1. The number of pyridine rings is 1. The number of esters is 1. The molecule has 0 saturated carbocycles. The molecular weight excluding hydrogens is 430 g/mol. The molecule has 0 spiro atoms. The van der Waals surface area contributed by atoms with Crippen LogP contribution < -0.4 is 16.4 Å². The molecule has 34 heavy (non-hydrogen) atoms. The normalized spacial score (nSPS) is 11.9. The monoisotopic (exact) mass is 479 g/mol. The summed E-state index contributed by atoms with van der Waals surface area (Å²) in [4.78, 5) is 30.3. The summed E-state index contributed by atoms with van der Waals surface area (Å²) >= 11 is 0. The van der Waals surface area contributed by atoms with Gasteiger partial charge in [-0.3, -0.25) is 9.59 Å². The number of amides is 1. The number of aryl methyl sites for hydroxylation is 2. The van der Waals surface area contributed by atoms with E-state index in [2.05, 4.69) is 34.6 Å². The summed E-state index contributed by atoms with van der Waals surface area (Å²) in [6, 6.07) is 3.60. The van der Waals surface area contributed by atoms with Crippen molar-refractivity contribution in [2.45, 2.75) is 92.2 Å². The molecule has 1 amide bonds. The molecule has 0 saturated heterocycles. The van der Waals surface area contributed by atoms with E-state index in [0.29, 0.717) is 26.1 Å². The number of nitrogens with zero attached hydrogens (tertiary/aromatic N) is 2. The second-order valence-corrected chi connectivity index (χ2v) is 9.12. The largest absolute Gasteiger partial charge is 0.459 e. The molecule has 8 nitrogen and oxygen atoms in total. The third-order valence-electron chi connectivity index (χ3n) is 5.08. The molecule has 196 valence electrons. The molecule has 0 aromatic carbocycles. The van der Waals surface area contributed by atoms with E-state index in [0.717, 1.165) is 43.7 Å². The van der Waals surface area contributed by atoms with E-state index in [1.165, 1.54) is 12.5 Å². The molecule has 0 aliphatic carbocycles. The van der Waals surface area contributed by atoms with Gasteiger partial charge in [0.25, 0.3) is 0 Å². The van der Waals surface area contributed by atoms with E-state index < -0.39 is 11.6 Å². The molecule has 1 rings (SSSR count). The average molecular weight is 480 g/mol. The van der Waals surface area contributed by atoms with E-state index in [-0.39, 0.29) is 11.9 Å². The fraction of sp³-hybridized carbons (Fsp3) is 0.731. The van der Waals surface area contributed by atoms with Gasteiger partial charge >= 0.3 is 5.97 Å². The minimum absolute atomic E-state index is 0.0441. The van der Waals surface area contributed by atoms with Crippen LogP contribution >= 0.6 is 0 Å². The minimum atomic E-state index is -0.654. The Labute approximate surface area is 207 Å². The number of nitrogens with two attached hydrogens (primary N) is 1. The molecule has 0 bridgehead atoms. The fourth-order valence-corrected chi connectivity index (χ4v) is 3.35. The summed E-state index contributed by atoms with van der Waals surface area (Å²) in [7, 11) is 1.90. The van der Waals surface area contributed by atoms with Crippen LogP contribution in [0.2, 0.25) is 0 Å². The van der Waals surface area contributed by atoms with E-state index in [1.807, 2.05) is 41.7 Å². The van der Waals surface area contributed by atoms with Crippen LogP contribution in [0.3, 0.4) is 0 Å². The minimum Gasteiger partial charge on any atom is -0.459 e. The van der Waals surface area contributed by atoms with Crippen LogP contribution in [-0.4, -0.2) is 66.6 Å². The highest BCUT2D eigenvalue weighted by Crippen LogP contribution is 2.15. The number of carbonyl (C=O) groups excluding carboxylic acids is 2. The van der Waals surface area contributed by atoms with E-state index in [1.54, 1.807) is 0 Å². The summed E-state index contributed by atoms with van der Waals surface area (Å²) in [5.74, 6) is 0.539. The molecular formula is C26H49N5O3. The number of ether oxygens (including phenoxy) is 1. The van der Waals surface area contributed by atoms with Gasteiger partial charge in [0, 0.05) is 39.3 Å².